The lowest BCUT2D eigenvalue weighted by Crippen LogP contribution is -2.45. The zero-order valence-corrected chi connectivity index (χ0v) is 15.6. The van der Waals surface area contributed by atoms with Crippen molar-refractivity contribution in [2.45, 2.75) is 53.1 Å². The fourth-order valence-corrected chi connectivity index (χ4v) is 3.40. The number of hydrogen-bond acceptors (Lipinski definition) is 5. The predicted octanol–water partition coefficient (Wildman–Crippen LogP) is 3.45. The van der Waals surface area contributed by atoms with Gasteiger partial charge in [-0.3, -0.25) is 0 Å². The highest BCUT2D eigenvalue weighted by molar-refractivity contribution is 5.68. The number of carbonyl (C=O) groups is 1. The van der Waals surface area contributed by atoms with E-state index < -0.39 is 5.60 Å². The number of piperidine rings is 1. The summed E-state index contributed by atoms with van der Waals surface area (Å²) >= 11 is 0. The second kappa shape index (κ2) is 7.19. The van der Waals surface area contributed by atoms with E-state index in [4.69, 9.17) is 4.74 Å². The van der Waals surface area contributed by atoms with Crippen molar-refractivity contribution in [3.8, 4) is 12.1 Å². The highest BCUT2D eigenvalue weighted by Crippen LogP contribution is 2.34. The van der Waals surface area contributed by atoms with Crippen molar-refractivity contribution in [2.24, 2.45) is 11.8 Å². The van der Waals surface area contributed by atoms with Gasteiger partial charge in [-0.25, -0.2) is 4.79 Å². The Morgan fingerprint density at radius 3 is 2.48 bits per heavy atom. The molecule has 2 heterocycles. The number of nitrogens with one attached hydrogen (secondary N) is 1. The van der Waals surface area contributed by atoms with Crippen LogP contribution in [0.2, 0.25) is 0 Å². The van der Waals surface area contributed by atoms with Gasteiger partial charge in [-0.2, -0.15) is 10.5 Å². The molecule has 0 bridgehead atoms. The van der Waals surface area contributed by atoms with Gasteiger partial charge in [0.15, 0.2) is 0 Å². The Hall–Kier alpha value is -2.47. The molecular formula is C19H26N4O2. The van der Waals surface area contributed by atoms with Gasteiger partial charge in [0, 0.05) is 36.3 Å². The standard InChI is InChI=1S/C19H26N4O2/c1-12-15(9-20)13(2)22-17(16(12)10-21)14-7-6-8-23(11-14)18(24)25-19(3,4)5/h12,14,22H,6-8,11H2,1-5H3. The molecule has 25 heavy (non-hydrogen) atoms. The summed E-state index contributed by atoms with van der Waals surface area (Å²) in [5.74, 6) is -0.170. The maximum atomic E-state index is 12.4. The number of rotatable bonds is 1. The summed E-state index contributed by atoms with van der Waals surface area (Å²) in [6.07, 6.45) is 1.44. The van der Waals surface area contributed by atoms with Gasteiger partial charge in [0.1, 0.15) is 5.60 Å². The van der Waals surface area contributed by atoms with E-state index in [-0.39, 0.29) is 17.9 Å². The summed E-state index contributed by atoms with van der Waals surface area (Å²) in [5, 5.41) is 22.2. The van der Waals surface area contributed by atoms with Crippen LogP contribution in [-0.4, -0.2) is 29.7 Å². The molecule has 0 spiro atoms. The van der Waals surface area contributed by atoms with Crippen molar-refractivity contribution in [1.29, 1.82) is 10.5 Å². The highest BCUT2D eigenvalue weighted by atomic mass is 16.6. The molecule has 1 fully saturated rings. The van der Waals surface area contributed by atoms with Gasteiger partial charge in [0.25, 0.3) is 0 Å². The lowest BCUT2D eigenvalue weighted by atomic mass is 9.82. The van der Waals surface area contributed by atoms with Crippen molar-refractivity contribution in [3.63, 3.8) is 0 Å². The fraction of sp³-hybridized carbons (Fsp3) is 0.632. The Balaban J connectivity index is 2.22. The first-order valence-corrected chi connectivity index (χ1v) is 8.68. The van der Waals surface area contributed by atoms with Crippen LogP contribution < -0.4 is 5.32 Å². The zero-order valence-electron chi connectivity index (χ0n) is 15.6. The molecule has 6 heteroatoms. The minimum atomic E-state index is -0.528. The Bertz CT molecular complexity index is 700. The number of hydrogen-bond donors (Lipinski definition) is 1. The average molecular weight is 342 g/mol. The summed E-state index contributed by atoms with van der Waals surface area (Å²) in [5.41, 5.74) is 2.30. The number of nitrogens with zero attached hydrogens (tertiary/aromatic N) is 3. The molecule has 0 aromatic heterocycles. The Labute approximate surface area is 149 Å². The predicted molar refractivity (Wildman–Crippen MR) is 93.8 cm³/mol. The maximum absolute atomic E-state index is 12.4. The lowest BCUT2D eigenvalue weighted by molar-refractivity contribution is 0.0180. The summed E-state index contributed by atoms with van der Waals surface area (Å²) < 4.78 is 5.48. The van der Waals surface area contributed by atoms with Crippen LogP contribution >= 0.6 is 0 Å². The van der Waals surface area contributed by atoms with E-state index in [1.165, 1.54) is 0 Å². The van der Waals surface area contributed by atoms with Gasteiger partial charge in [-0.1, -0.05) is 6.92 Å². The van der Waals surface area contributed by atoms with Crippen LogP contribution in [0, 0.1) is 34.5 Å². The molecule has 0 aromatic rings. The second-order valence-electron chi connectivity index (χ2n) is 7.70. The summed E-state index contributed by atoms with van der Waals surface area (Å²) in [7, 11) is 0. The van der Waals surface area contributed by atoms with E-state index in [0.29, 0.717) is 24.2 Å². The molecule has 2 unspecified atom stereocenters. The molecule has 6 nitrogen and oxygen atoms in total. The van der Waals surface area contributed by atoms with Crippen molar-refractivity contribution >= 4 is 6.09 Å². The second-order valence-corrected chi connectivity index (χ2v) is 7.70. The number of nitriles is 2. The summed E-state index contributed by atoms with van der Waals surface area (Å²) in [4.78, 5) is 14.1. The molecular weight excluding hydrogens is 316 g/mol. The van der Waals surface area contributed by atoms with Crippen LogP contribution in [0.25, 0.3) is 0 Å². The number of carbonyl (C=O) groups excluding carboxylic acids is 1. The van der Waals surface area contributed by atoms with E-state index in [9.17, 15) is 15.3 Å². The molecule has 2 atom stereocenters. The largest absolute Gasteiger partial charge is 0.444 e. The van der Waals surface area contributed by atoms with Crippen molar-refractivity contribution in [3.05, 3.63) is 22.5 Å². The third kappa shape index (κ3) is 4.14. The monoisotopic (exact) mass is 342 g/mol. The number of ether oxygens (including phenoxy) is 1. The molecule has 134 valence electrons. The Kier molecular flexibility index (Phi) is 5.42. The van der Waals surface area contributed by atoms with Crippen molar-refractivity contribution in [2.75, 3.05) is 13.1 Å². The maximum Gasteiger partial charge on any atom is 0.410 e. The van der Waals surface area contributed by atoms with E-state index in [1.807, 2.05) is 34.6 Å². The van der Waals surface area contributed by atoms with Gasteiger partial charge in [0.2, 0.25) is 0 Å². The summed E-state index contributed by atoms with van der Waals surface area (Å²) in [6.45, 7) is 10.5. The van der Waals surface area contributed by atoms with E-state index >= 15 is 0 Å². The third-order valence-corrected chi connectivity index (χ3v) is 4.60. The molecule has 2 rings (SSSR count). The molecule has 1 saturated heterocycles. The number of amides is 1. The first-order valence-electron chi connectivity index (χ1n) is 8.68. The van der Waals surface area contributed by atoms with Gasteiger partial charge in [-0.15, -0.1) is 0 Å². The van der Waals surface area contributed by atoms with Crippen molar-refractivity contribution < 1.29 is 9.53 Å². The molecule has 0 aromatic carbocycles. The van der Waals surface area contributed by atoms with Crippen LogP contribution in [0.4, 0.5) is 4.79 Å². The van der Waals surface area contributed by atoms with Gasteiger partial charge in [-0.05, 0) is 40.5 Å². The molecule has 2 aliphatic heterocycles. The highest BCUT2D eigenvalue weighted by Gasteiger charge is 2.34. The van der Waals surface area contributed by atoms with Crippen LogP contribution in [0.5, 0.6) is 0 Å². The van der Waals surface area contributed by atoms with Crippen LogP contribution in [0.1, 0.15) is 47.5 Å². The quantitative estimate of drug-likeness (QED) is 0.788. The normalized spacial score (nSPS) is 24.4. The molecule has 0 aliphatic carbocycles. The van der Waals surface area contributed by atoms with Crippen LogP contribution in [0.15, 0.2) is 22.5 Å². The SMILES string of the molecule is CC1=C(C#N)C(C)C(C#N)=C(C2CCCN(C(=O)OC(C)(C)C)C2)N1. The number of likely N-dealkylation sites (tertiary alicyclic amines) is 1. The Morgan fingerprint density at radius 1 is 1.28 bits per heavy atom. The van der Waals surface area contributed by atoms with Crippen LogP contribution in [0.3, 0.4) is 0 Å². The zero-order chi connectivity index (χ0) is 18.8. The van der Waals surface area contributed by atoms with E-state index in [2.05, 4.69) is 17.5 Å². The molecule has 1 N–H and O–H groups in total. The van der Waals surface area contributed by atoms with Gasteiger partial charge >= 0.3 is 6.09 Å². The summed E-state index contributed by atoms with van der Waals surface area (Å²) in [6, 6.07) is 4.46. The molecule has 0 radical (unpaired) electrons. The van der Waals surface area contributed by atoms with Gasteiger partial charge < -0.3 is 15.0 Å². The number of dihydropyridines is 1. The minimum absolute atomic E-state index is 0.0496. The van der Waals surface area contributed by atoms with Gasteiger partial charge in [0.05, 0.1) is 23.3 Å². The third-order valence-electron chi connectivity index (χ3n) is 4.60. The smallest absolute Gasteiger partial charge is 0.410 e. The first-order chi connectivity index (χ1) is 11.7. The lowest BCUT2D eigenvalue weighted by Gasteiger charge is -2.37. The minimum Gasteiger partial charge on any atom is -0.444 e. The van der Waals surface area contributed by atoms with E-state index in [0.717, 1.165) is 24.2 Å². The molecule has 2 aliphatic rings. The first kappa shape index (κ1) is 18.9. The van der Waals surface area contributed by atoms with Crippen LogP contribution in [-0.2, 0) is 4.74 Å². The average Bonchev–Trinajstić information content (AvgIpc) is 2.53. The molecule has 0 saturated carbocycles. The van der Waals surface area contributed by atoms with Crippen molar-refractivity contribution in [1.82, 2.24) is 10.2 Å². The fourth-order valence-electron chi connectivity index (χ4n) is 3.40. The topological polar surface area (TPSA) is 89.2 Å². The number of allylic oxidation sites excluding steroid dienone is 3. The molecule has 1 amide bonds. The Morgan fingerprint density at radius 2 is 1.92 bits per heavy atom. The van der Waals surface area contributed by atoms with E-state index in [1.54, 1.807) is 4.90 Å².